The van der Waals surface area contributed by atoms with Crippen LogP contribution in [0.2, 0.25) is 0 Å². The minimum atomic E-state index is -0.0567. The van der Waals surface area contributed by atoms with E-state index in [1.54, 1.807) is 0 Å². The van der Waals surface area contributed by atoms with Gasteiger partial charge in [-0.2, -0.15) is 0 Å². The highest BCUT2D eigenvalue weighted by Crippen LogP contribution is 2.36. The number of hydrogen-bond acceptors (Lipinski definition) is 2. The second-order valence-corrected chi connectivity index (χ2v) is 7.05. The lowest BCUT2D eigenvalue weighted by Gasteiger charge is -2.39. The van der Waals surface area contributed by atoms with Crippen LogP contribution in [0.5, 0.6) is 0 Å². The highest BCUT2D eigenvalue weighted by Gasteiger charge is 2.32. The SMILES string of the molecule is CC(C)(N)CCNCC(C)(C)C(C)(C)C. The van der Waals surface area contributed by atoms with E-state index in [1.165, 1.54) is 0 Å². The molecule has 0 aromatic rings. The molecule has 0 atom stereocenters. The van der Waals surface area contributed by atoms with Gasteiger partial charge < -0.3 is 11.1 Å². The van der Waals surface area contributed by atoms with E-state index in [9.17, 15) is 0 Å². The Hall–Kier alpha value is -0.0800. The fourth-order valence-electron chi connectivity index (χ4n) is 1.08. The summed E-state index contributed by atoms with van der Waals surface area (Å²) in [7, 11) is 0. The zero-order chi connectivity index (χ0) is 12.3. The number of hydrogen-bond donors (Lipinski definition) is 2. The van der Waals surface area contributed by atoms with Crippen LogP contribution < -0.4 is 11.1 Å². The number of nitrogens with two attached hydrogens (primary N) is 1. The van der Waals surface area contributed by atoms with Crippen molar-refractivity contribution in [3.63, 3.8) is 0 Å². The van der Waals surface area contributed by atoms with Gasteiger partial charge in [-0.3, -0.25) is 0 Å². The van der Waals surface area contributed by atoms with Gasteiger partial charge in [0.05, 0.1) is 0 Å². The predicted octanol–water partition coefficient (Wildman–Crippen LogP) is 2.78. The summed E-state index contributed by atoms with van der Waals surface area (Å²) in [5.41, 5.74) is 6.52. The van der Waals surface area contributed by atoms with Crippen molar-refractivity contribution in [1.29, 1.82) is 0 Å². The summed E-state index contributed by atoms with van der Waals surface area (Å²) in [5.74, 6) is 0. The number of rotatable bonds is 5. The molecule has 0 saturated heterocycles. The highest BCUT2D eigenvalue weighted by molar-refractivity contribution is 4.84. The third-order valence-electron chi connectivity index (χ3n) is 3.54. The lowest BCUT2D eigenvalue weighted by Crippen LogP contribution is -2.42. The standard InChI is InChI=1S/C13H30N2/c1-11(2,3)12(4,5)10-15-9-8-13(6,7)14/h15H,8-10,14H2,1-7H3. The molecule has 3 N–H and O–H groups in total. The first kappa shape index (κ1) is 14.9. The van der Waals surface area contributed by atoms with Crippen molar-refractivity contribution in [1.82, 2.24) is 5.32 Å². The van der Waals surface area contributed by atoms with Crippen LogP contribution in [0.3, 0.4) is 0 Å². The Bertz CT molecular complexity index is 182. The predicted molar refractivity (Wildman–Crippen MR) is 69.0 cm³/mol. The summed E-state index contributed by atoms with van der Waals surface area (Å²) >= 11 is 0. The molecule has 0 aromatic carbocycles. The van der Waals surface area contributed by atoms with Crippen LogP contribution in [0.4, 0.5) is 0 Å². The van der Waals surface area contributed by atoms with Gasteiger partial charge in [0, 0.05) is 12.1 Å². The molecular formula is C13H30N2. The molecule has 0 saturated carbocycles. The van der Waals surface area contributed by atoms with Crippen molar-refractivity contribution in [2.45, 2.75) is 60.4 Å². The van der Waals surface area contributed by atoms with E-state index < -0.39 is 0 Å². The first-order valence-electron chi connectivity index (χ1n) is 5.95. The molecule has 0 aliphatic heterocycles. The van der Waals surface area contributed by atoms with Crippen LogP contribution in [0.25, 0.3) is 0 Å². The maximum Gasteiger partial charge on any atom is 0.0109 e. The maximum atomic E-state index is 5.93. The molecule has 2 heteroatoms. The van der Waals surface area contributed by atoms with Crippen molar-refractivity contribution in [3.05, 3.63) is 0 Å². The second-order valence-electron chi connectivity index (χ2n) is 7.05. The largest absolute Gasteiger partial charge is 0.326 e. The molecule has 0 aliphatic carbocycles. The van der Waals surface area contributed by atoms with Gasteiger partial charge in [0.15, 0.2) is 0 Å². The molecule has 0 amide bonds. The zero-order valence-electron chi connectivity index (χ0n) is 11.7. The van der Waals surface area contributed by atoms with Crippen molar-refractivity contribution < 1.29 is 0 Å². The monoisotopic (exact) mass is 214 g/mol. The fraction of sp³-hybridized carbons (Fsp3) is 1.00. The second kappa shape index (κ2) is 4.84. The zero-order valence-corrected chi connectivity index (χ0v) is 11.7. The van der Waals surface area contributed by atoms with Crippen LogP contribution in [0, 0.1) is 10.8 Å². The molecule has 0 rings (SSSR count). The van der Waals surface area contributed by atoms with E-state index >= 15 is 0 Å². The van der Waals surface area contributed by atoms with Crippen LogP contribution in [0.1, 0.15) is 54.9 Å². The lowest BCUT2D eigenvalue weighted by molar-refractivity contribution is 0.129. The average molecular weight is 214 g/mol. The highest BCUT2D eigenvalue weighted by atomic mass is 14.9. The quantitative estimate of drug-likeness (QED) is 0.691. The molecular weight excluding hydrogens is 184 g/mol. The molecule has 15 heavy (non-hydrogen) atoms. The molecule has 0 aliphatic rings. The van der Waals surface area contributed by atoms with Crippen LogP contribution in [-0.2, 0) is 0 Å². The topological polar surface area (TPSA) is 38.0 Å². The van der Waals surface area contributed by atoms with Gasteiger partial charge in [-0.15, -0.1) is 0 Å². The van der Waals surface area contributed by atoms with Gasteiger partial charge in [-0.25, -0.2) is 0 Å². The van der Waals surface area contributed by atoms with Gasteiger partial charge >= 0.3 is 0 Å². The molecule has 2 nitrogen and oxygen atoms in total. The Kier molecular flexibility index (Phi) is 4.81. The number of nitrogens with one attached hydrogen (secondary N) is 1. The third kappa shape index (κ3) is 6.16. The van der Waals surface area contributed by atoms with E-state index in [2.05, 4.69) is 53.8 Å². The summed E-state index contributed by atoms with van der Waals surface area (Å²) in [4.78, 5) is 0. The summed E-state index contributed by atoms with van der Waals surface area (Å²) in [6.45, 7) is 17.7. The van der Waals surface area contributed by atoms with Crippen molar-refractivity contribution >= 4 is 0 Å². The van der Waals surface area contributed by atoms with E-state index in [1.807, 2.05) is 0 Å². The van der Waals surface area contributed by atoms with E-state index in [-0.39, 0.29) is 5.54 Å². The molecule has 0 bridgehead atoms. The van der Waals surface area contributed by atoms with Crippen LogP contribution in [-0.4, -0.2) is 18.6 Å². The van der Waals surface area contributed by atoms with E-state index in [0.29, 0.717) is 10.8 Å². The van der Waals surface area contributed by atoms with Gasteiger partial charge in [0.2, 0.25) is 0 Å². The Labute approximate surface area is 96.0 Å². The van der Waals surface area contributed by atoms with Crippen molar-refractivity contribution in [2.24, 2.45) is 16.6 Å². The average Bonchev–Trinajstić information content (AvgIpc) is 1.94. The summed E-state index contributed by atoms with van der Waals surface area (Å²) in [5, 5.41) is 3.51. The summed E-state index contributed by atoms with van der Waals surface area (Å²) in [6.07, 6.45) is 1.02. The first-order chi connectivity index (χ1) is 6.46. The van der Waals surface area contributed by atoms with Crippen LogP contribution in [0.15, 0.2) is 0 Å². The Balaban J connectivity index is 3.87. The molecule has 0 unspecified atom stereocenters. The fourth-order valence-corrected chi connectivity index (χ4v) is 1.08. The molecule has 0 heterocycles. The minimum Gasteiger partial charge on any atom is -0.326 e. The Morgan fingerprint density at radius 1 is 0.933 bits per heavy atom. The Morgan fingerprint density at radius 3 is 1.73 bits per heavy atom. The summed E-state index contributed by atoms with van der Waals surface area (Å²) in [6, 6.07) is 0. The first-order valence-corrected chi connectivity index (χ1v) is 5.95. The smallest absolute Gasteiger partial charge is 0.0109 e. The van der Waals surface area contributed by atoms with Crippen LogP contribution >= 0.6 is 0 Å². The molecule has 0 radical (unpaired) electrons. The normalized spacial score (nSPS) is 14.4. The Morgan fingerprint density at radius 2 is 1.40 bits per heavy atom. The van der Waals surface area contributed by atoms with Gasteiger partial charge in [-0.05, 0) is 37.6 Å². The minimum absolute atomic E-state index is 0.0567. The van der Waals surface area contributed by atoms with E-state index in [0.717, 1.165) is 19.5 Å². The van der Waals surface area contributed by atoms with Gasteiger partial charge in [0.1, 0.15) is 0 Å². The van der Waals surface area contributed by atoms with Crippen molar-refractivity contribution in [2.75, 3.05) is 13.1 Å². The van der Waals surface area contributed by atoms with E-state index in [4.69, 9.17) is 5.73 Å². The molecule has 0 spiro atoms. The summed E-state index contributed by atoms with van der Waals surface area (Å²) < 4.78 is 0. The van der Waals surface area contributed by atoms with Gasteiger partial charge in [0.25, 0.3) is 0 Å². The lowest BCUT2D eigenvalue weighted by atomic mass is 9.69. The van der Waals surface area contributed by atoms with Crippen molar-refractivity contribution in [3.8, 4) is 0 Å². The van der Waals surface area contributed by atoms with Gasteiger partial charge in [-0.1, -0.05) is 34.6 Å². The molecule has 0 fully saturated rings. The molecule has 92 valence electrons. The third-order valence-corrected chi connectivity index (χ3v) is 3.54. The molecule has 0 aromatic heterocycles. The maximum absolute atomic E-state index is 5.93.